The van der Waals surface area contributed by atoms with E-state index in [0.717, 1.165) is 6.42 Å². The van der Waals surface area contributed by atoms with Gasteiger partial charge in [0.25, 0.3) is 0 Å². The normalized spacial score (nSPS) is 19.9. The maximum absolute atomic E-state index is 2.30. The molecule has 1 aliphatic carbocycles. The van der Waals surface area contributed by atoms with E-state index in [9.17, 15) is 0 Å². The van der Waals surface area contributed by atoms with Crippen LogP contribution in [0.3, 0.4) is 0 Å². The molecule has 0 aliphatic heterocycles. The first-order valence-corrected chi connectivity index (χ1v) is 3.20. The molecule has 0 nitrogen and oxygen atoms in total. The van der Waals surface area contributed by atoms with Crippen molar-refractivity contribution in [2.75, 3.05) is 0 Å². The van der Waals surface area contributed by atoms with Crippen LogP contribution in [-0.4, -0.2) is 0 Å². The standard InChI is InChI=1S/C8H12/c1-8-6-4-2-3-5-7-8/h2-3,6H,4-5,7H2,1H3. The fourth-order valence-electron chi connectivity index (χ4n) is 0.896. The van der Waals surface area contributed by atoms with E-state index in [4.69, 9.17) is 0 Å². The summed E-state index contributed by atoms with van der Waals surface area (Å²) < 4.78 is 0. The first-order chi connectivity index (χ1) is 3.89. The Morgan fingerprint density at radius 3 is 3.12 bits per heavy atom. The lowest BCUT2D eigenvalue weighted by Crippen LogP contribution is -1.70. The Bertz CT molecular complexity index is 118. The Balaban J connectivity index is 2.48. The predicted octanol–water partition coefficient (Wildman–Crippen LogP) is 2.67. The summed E-state index contributed by atoms with van der Waals surface area (Å²) in [5, 5.41) is 0. The van der Waals surface area contributed by atoms with E-state index in [1.165, 1.54) is 18.4 Å². The highest BCUT2D eigenvalue weighted by Crippen LogP contribution is 2.09. The quantitative estimate of drug-likeness (QED) is 0.418. The summed E-state index contributed by atoms with van der Waals surface area (Å²) in [5.74, 6) is 0. The van der Waals surface area contributed by atoms with Gasteiger partial charge in [-0.05, 0) is 26.2 Å². The van der Waals surface area contributed by atoms with Gasteiger partial charge >= 0.3 is 0 Å². The summed E-state index contributed by atoms with van der Waals surface area (Å²) in [6.07, 6.45) is 10.4. The Morgan fingerprint density at radius 2 is 2.25 bits per heavy atom. The van der Waals surface area contributed by atoms with Gasteiger partial charge in [0, 0.05) is 0 Å². The van der Waals surface area contributed by atoms with Gasteiger partial charge in [0.15, 0.2) is 0 Å². The molecular weight excluding hydrogens is 96.1 g/mol. The van der Waals surface area contributed by atoms with Crippen molar-refractivity contribution < 1.29 is 0 Å². The minimum atomic E-state index is 1.14. The molecule has 0 atom stereocenters. The van der Waals surface area contributed by atoms with Gasteiger partial charge in [-0.1, -0.05) is 23.8 Å². The van der Waals surface area contributed by atoms with Gasteiger partial charge in [0.05, 0.1) is 0 Å². The van der Waals surface area contributed by atoms with E-state index < -0.39 is 0 Å². The Kier molecular flexibility index (Phi) is 1.90. The van der Waals surface area contributed by atoms with Crippen molar-refractivity contribution in [3.63, 3.8) is 0 Å². The monoisotopic (exact) mass is 108 g/mol. The fourth-order valence-corrected chi connectivity index (χ4v) is 0.896. The highest BCUT2D eigenvalue weighted by Gasteiger charge is 1.89. The van der Waals surface area contributed by atoms with Crippen molar-refractivity contribution >= 4 is 0 Å². The van der Waals surface area contributed by atoms with E-state index in [-0.39, 0.29) is 0 Å². The molecule has 0 fully saturated rings. The minimum absolute atomic E-state index is 1.14. The van der Waals surface area contributed by atoms with Crippen molar-refractivity contribution in [3.05, 3.63) is 23.8 Å². The zero-order valence-electron chi connectivity index (χ0n) is 5.35. The molecule has 0 spiro atoms. The van der Waals surface area contributed by atoms with Crippen molar-refractivity contribution in [1.82, 2.24) is 0 Å². The van der Waals surface area contributed by atoms with Crippen LogP contribution in [0.1, 0.15) is 26.2 Å². The van der Waals surface area contributed by atoms with Crippen LogP contribution in [0.2, 0.25) is 0 Å². The zero-order valence-corrected chi connectivity index (χ0v) is 5.35. The molecule has 44 valence electrons. The first-order valence-electron chi connectivity index (χ1n) is 3.20. The summed E-state index contributed by atoms with van der Waals surface area (Å²) in [5.41, 5.74) is 1.54. The van der Waals surface area contributed by atoms with Crippen LogP contribution in [-0.2, 0) is 0 Å². The lowest BCUT2D eigenvalue weighted by Gasteiger charge is -1.90. The lowest BCUT2D eigenvalue weighted by molar-refractivity contribution is 0.984. The van der Waals surface area contributed by atoms with Gasteiger partial charge in [-0.15, -0.1) is 0 Å². The van der Waals surface area contributed by atoms with E-state index in [2.05, 4.69) is 25.2 Å². The fraction of sp³-hybridized carbons (Fsp3) is 0.500. The number of hydrogen-bond acceptors (Lipinski definition) is 0. The number of hydrogen-bond donors (Lipinski definition) is 0. The van der Waals surface area contributed by atoms with Crippen LogP contribution >= 0.6 is 0 Å². The van der Waals surface area contributed by atoms with Crippen molar-refractivity contribution in [3.8, 4) is 0 Å². The highest BCUT2D eigenvalue weighted by atomic mass is 14.0. The molecule has 0 aromatic rings. The lowest BCUT2D eigenvalue weighted by atomic mass is 10.2. The molecule has 0 heteroatoms. The molecule has 0 saturated heterocycles. The summed E-state index contributed by atoms with van der Waals surface area (Å²) in [6.45, 7) is 2.20. The van der Waals surface area contributed by atoms with E-state index in [1.54, 1.807) is 0 Å². The highest BCUT2D eigenvalue weighted by molar-refractivity contribution is 5.06. The molecule has 0 aromatic heterocycles. The van der Waals surface area contributed by atoms with E-state index >= 15 is 0 Å². The molecule has 0 N–H and O–H groups in total. The second-order valence-corrected chi connectivity index (χ2v) is 2.30. The molecule has 0 unspecified atom stereocenters. The van der Waals surface area contributed by atoms with Crippen molar-refractivity contribution in [1.29, 1.82) is 0 Å². The molecule has 0 radical (unpaired) electrons. The van der Waals surface area contributed by atoms with Crippen molar-refractivity contribution in [2.24, 2.45) is 0 Å². The smallest absolute Gasteiger partial charge is 0.0167 e. The molecule has 0 aromatic carbocycles. The molecule has 8 heavy (non-hydrogen) atoms. The van der Waals surface area contributed by atoms with E-state index in [1.807, 2.05) is 0 Å². The SMILES string of the molecule is CC1=CCC=CCC1. The van der Waals surface area contributed by atoms with Crippen LogP contribution in [0, 0.1) is 0 Å². The zero-order chi connectivity index (χ0) is 5.82. The third-order valence-corrected chi connectivity index (χ3v) is 1.47. The van der Waals surface area contributed by atoms with Crippen LogP contribution in [0.4, 0.5) is 0 Å². The molecular formula is C8H12. The summed E-state index contributed by atoms with van der Waals surface area (Å²) in [7, 11) is 0. The largest absolute Gasteiger partial charge is 0.0879 e. The Morgan fingerprint density at radius 1 is 1.38 bits per heavy atom. The molecule has 1 aliphatic rings. The van der Waals surface area contributed by atoms with Gasteiger partial charge in [0.2, 0.25) is 0 Å². The molecule has 0 amide bonds. The molecule has 0 heterocycles. The van der Waals surface area contributed by atoms with Gasteiger partial charge in [-0.25, -0.2) is 0 Å². The minimum Gasteiger partial charge on any atom is -0.0879 e. The Hall–Kier alpha value is -0.520. The third kappa shape index (κ3) is 1.53. The summed E-state index contributed by atoms with van der Waals surface area (Å²) in [6, 6.07) is 0. The topological polar surface area (TPSA) is 0 Å². The second kappa shape index (κ2) is 2.71. The predicted molar refractivity (Wildman–Crippen MR) is 36.7 cm³/mol. The van der Waals surface area contributed by atoms with Gasteiger partial charge in [-0.3, -0.25) is 0 Å². The van der Waals surface area contributed by atoms with Gasteiger partial charge in [0.1, 0.15) is 0 Å². The second-order valence-electron chi connectivity index (χ2n) is 2.30. The molecule has 1 rings (SSSR count). The van der Waals surface area contributed by atoms with Gasteiger partial charge < -0.3 is 0 Å². The van der Waals surface area contributed by atoms with Crippen LogP contribution in [0.5, 0.6) is 0 Å². The number of rotatable bonds is 0. The number of allylic oxidation sites excluding steroid dienone is 4. The molecule has 0 saturated carbocycles. The third-order valence-electron chi connectivity index (χ3n) is 1.47. The Labute approximate surface area is 50.9 Å². The van der Waals surface area contributed by atoms with Crippen molar-refractivity contribution in [2.45, 2.75) is 26.2 Å². The average molecular weight is 108 g/mol. The maximum Gasteiger partial charge on any atom is -0.0167 e. The first kappa shape index (κ1) is 5.61. The van der Waals surface area contributed by atoms with Crippen LogP contribution in [0.15, 0.2) is 23.8 Å². The summed E-state index contributed by atoms with van der Waals surface area (Å²) in [4.78, 5) is 0. The average Bonchev–Trinajstić information content (AvgIpc) is 1.94. The van der Waals surface area contributed by atoms with Crippen LogP contribution in [0.25, 0.3) is 0 Å². The molecule has 0 bridgehead atoms. The van der Waals surface area contributed by atoms with Gasteiger partial charge in [-0.2, -0.15) is 0 Å². The summed E-state index contributed by atoms with van der Waals surface area (Å²) >= 11 is 0. The van der Waals surface area contributed by atoms with Crippen LogP contribution < -0.4 is 0 Å². The van der Waals surface area contributed by atoms with E-state index in [0.29, 0.717) is 0 Å². The maximum atomic E-state index is 2.30.